The van der Waals surface area contributed by atoms with Crippen LogP contribution in [0, 0.1) is 0 Å². The number of fused-ring (bicyclic) bond motifs is 1. The molecule has 0 bridgehead atoms. The highest BCUT2D eigenvalue weighted by Gasteiger charge is 2.11. The van der Waals surface area contributed by atoms with Crippen molar-refractivity contribution < 1.29 is 0 Å². The minimum absolute atomic E-state index is 0.249. The van der Waals surface area contributed by atoms with Crippen LogP contribution in [0.1, 0.15) is 17.6 Å². The first kappa shape index (κ1) is 13.3. The molecule has 3 rings (SSSR count). The zero-order chi connectivity index (χ0) is 14.1. The first-order valence-electron chi connectivity index (χ1n) is 6.20. The summed E-state index contributed by atoms with van der Waals surface area (Å²) in [6.07, 6.45) is 2.64. The molecule has 0 saturated heterocycles. The van der Waals surface area contributed by atoms with Crippen LogP contribution in [0.3, 0.4) is 0 Å². The summed E-state index contributed by atoms with van der Waals surface area (Å²) >= 11 is 7.61. The molecule has 1 N–H and O–H groups in total. The lowest BCUT2D eigenvalue weighted by molar-refractivity contribution is 0.747. The van der Waals surface area contributed by atoms with Crippen LogP contribution in [0.2, 0.25) is 5.28 Å². The maximum atomic E-state index is 5.97. The van der Waals surface area contributed by atoms with E-state index in [0.717, 1.165) is 22.5 Å². The van der Waals surface area contributed by atoms with E-state index in [1.807, 2.05) is 7.05 Å². The third-order valence-electron chi connectivity index (χ3n) is 2.83. The van der Waals surface area contributed by atoms with Gasteiger partial charge in [0.1, 0.15) is 17.0 Å². The van der Waals surface area contributed by atoms with Gasteiger partial charge in [-0.05, 0) is 24.1 Å². The van der Waals surface area contributed by atoms with Crippen molar-refractivity contribution in [1.82, 2.24) is 24.7 Å². The summed E-state index contributed by atoms with van der Waals surface area (Å²) in [6.45, 7) is 2.62. The second kappa shape index (κ2) is 5.34. The molecule has 3 aromatic heterocycles. The number of nitrogens with zero attached hydrogens (tertiary/aromatic N) is 5. The molecule has 0 amide bonds. The van der Waals surface area contributed by atoms with E-state index < -0.39 is 0 Å². The predicted molar refractivity (Wildman–Crippen MR) is 80.1 cm³/mol. The Bertz CT molecular complexity index is 750. The second-order valence-electron chi connectivity index (χ2n) is 4.31. The Labute approximate surface area is 124 Å². The maximum absolute atomic E-state index is 5.97. The topological polar surface area (TPSA) is 68.5 Å². The molecule has 8 heteroatoms. The molecule has 0 aromatic carbocycles. The molecule has 20 heavy (non-hydrogen) atoms. The number of halogens is 1. The van der Waals surface area contributed by atoms with Crippen molar-refractivity contribution in [2.45, 2.75) is 19.9 Å². The molecule has 104 valence electrons. The number of aromatic nitrogens is 5. The van der Waals surface area contributed by atoms with Gasteiger partial charge in [-0.1, -0.05) is 6.92 Å². The molecular formula is C12H13ClN6S. The summed E-state index contributed by atoms with van der Waals surface area (Å²) in [5.41, 5.74) is 0. The number of aryl methyl sites for hydroxylation is 2. The van der Waals surface area contributed by atoms with Crippen molar-refractivity contribution in [3.05, 3.63) is 28.4 Å². The van der Waals surface area contributed by atoms with E-state index in [4.69, 9.17) is 11.6 Å². The van der Waals surface area contributed by atoms with Gasteiger partial charge in [-0.25, -0.2) is 15.0 Å². The smallest absolute Gasteiger partial charge is 0.225 e. The lowest BCUT2D eigenvalue weighted by Crippen LogP contribution is -2.04. The standard InChI is InChI=1S/C12H13ClN6S/c1-3-7-4-8-10(16-12(13)17-11(8)20-7)14-5-9-15-6-19(2)18-9/h4,6H,3,5H2,1-2H3,(H,14,16,17). The van der Waals surface area contributed by atoms with Crippen molar-refractivity contribution in [3.63, 3.8) is 0 Å². The molecule has 6 nitrogen and oxygen atoms in total. The van der Waals surface area contributed by atoms with Gasteiger partial charge in [0.15, 0.2) is 5.82 Å². The van der Waals surface area contributed by atoms with Gasteiger partial charge in [0, 0.05) is 11.9 Å². The van der Waals surface area contributed by atoms with E-state index in [9.17, 15) is 0 Å². The van der Waals surface area contributed by atoms with Gasteiger partial charge in [-0.2, -0.15) is 5.10 Å². The minimum atomic E-state index is 0.249. The Kier molecular flexibility index (Phi) is 3.54. The second-order valence-corrected chi connectivity index (χ2v) is 5.77. The zero-order valence-corrected chi connectivity index (χ0v) is 12.7. The van der Waals surface area contributed by atoms with Crippen molar-refractivity contribution in [2.24, 2.45) is 7.05 Å². The van der Waals surface area contributed by atoms with Crippen LogP contribution in [0.25, 0.3) is 10.2 Å². The van der Waals surface area contributed by atoms with Gasteiger partial charge >= 0.3 is 0 Å². The molecule has 0 aliphatic rings. The van der Waals surface area contributed by atoms with Crippen molar-refractivity contribution in [1.29, 1.82) is 0 Å². The molecule has 0 unspecified atom stereocenters. The number of anilines is 1. The fraction of sp³-hybridized carbons (Fsp3) is 0.333. The molecule has 0 radical (unpaired) electrons. The predicted octanol–water partition coefficient (Wildman–Crippen LogP) is 2.65. The summed E-state index contributed by atoms with van der Waals surface area (Å²) in [5, 5.41) is 8.69. The molecule has 0 aliphatic heterocycles. The van der Waals surface area contributed by atoms with Gasteiger partial charge in [0.2, 0.25) is 5.28 Å². The van der Waals surface area contributed by atoms with Gasteiger partial charge in [-0.3, -0.25) is 4.68 Å². The van der Waals surface area contributed by atoms with E-state index in [-0.39, 0.29) is 5.28 Å². The molecule has 3 heterocycles. The molecule has 3 aromatic rings. The van der Waals surface area contributed by atoms with Gasteiger partial charge in [0.05, 0.1) is 11.9 Å². The average Bonchev–Trinajstić information content (AvgIpc) is 3.01. The molecule has 0 saturated carbocycles. The Morgan fingerprint density at radius 2 is 2.25 bits per heavy atom. The molecule has 0 atom stereocenters. The van der Waals surface area contributed by atoms with Gasteiger partial charge in [0.25, 0.3) is 0 Å². The van der Waals surface area contributed by atoms with E-state index in [1.54, 1.807) is 22.3 Å². The van der Waals surface area contributed by atoms with E-state index in [2.05, 4.69) is 38.4 Å². The Morgan fingerprint density at radius 3 is 2.95 bits per heavy atom. The Balaban J connectivity index is 1.91. The van der Waals surface area contributed by atoms with Crippen LogP contribution >= 0.6 is 22.9 Å². The number of thiophene rings is 1. The summed E-state index contributed by atoms with van der Waals surface area (Å²) in [7, 11) is 1.84. The Hall–Kier alpha value is -1.73. The third kappa shape index (κ3) is 2.59. The molecule has 0 aliphatic carbocycles. The SMILES string of the molecule is CCc1cc2c(NCc3ncn(C)n3)nc(Cl)nc2s1. The van der Waals surface area contributed by atoms with Crippen LogP contribution in [-0.2, 0) is 20.0 Å². The monoisotopic (exact) mass is 308 g/mol. The normalized spacial score (nSPS) is 11.2. The first-order valence-corrected chi connectivity index (χ1v) is 7.39. The highest BCUT2D eigenvalue weighted by Crippen LogP contribution is 2.30. The van der Waals surface area contributed by atoms with Crippen LogP contribution in [0.4, 0.5) is 5.82 Å². The fourth-order valence-corrected chi connectivity index (χ4v) is 3.07. The van der Waals surface area contributed by atoms with Crippen LogP contribution < -0.4 is 5.32 Å². The highest BCUT2D eigenvalue weighted by atomic mass is 35.5. The molecular weight excluding hydrogens is 296 g/mol. The van der Waals surface area contributed by atoms with Gasteiger partial charge in [-0.15, -0.1) is 11.3 Å². The summed E-state index contributed by atoms with van der Waals surface area (Å²) in [5.74, 6) is 1.43. The Morgan fingerprint density at radius 1 is 1.40 bits per heavy atom. The average molecular weight is 309 g/mol. The maximum Gasteiger partial charge on any atom is 0.225 e. The fourth-order valence-electron chi connectivity index (χ4n) is 1.88. The van der Waals surface area contributed by atoms with Crippen molar-refractivity contribution in [2.75, 3.05) is 5.32 Å². The number of nitrogens with one attached hydrogen (secondary N) is 1. The van der Waals surface area contributed by atoms with E-state index >= 15 is 0 Å². The largest absolute Gasteiger partial charge is 0.362 e. The van der Waals surface area contributed by atoms with Crippen molar-refractivity contribution in [3.8, 4) is 0 Å². The minimum Gasteiger partial charge on any atom is -0.362 e. The van der Waals surface area contributed by atoms with E-state index in [1.165, 1.54) is 4.88 Å². The third-order valence-corrected chi connectivity index (χ3v) is 4.17. The lowest BCUT2D eigenvalue weighted by Gasteiger charge is -2.04. The molecule has 0 spiro atoms. The lowest BCUT2D eigenvalue weighted by atomic mass is 10.3. The van der Waals surface area contributed by atoms with Gasteiger partial charge < -0.3 is 5.32 Å². The quantitative estimate of drug-likeness (QED) is 0.750. The summed E-state index contributed by atoms with van der Waals surface area (Å²) in [6, 6.07) is 2.10. The highest BCUT2D eigenvalue weighted by molar-refractivity contribution is 7.18. The van der Waals surface area contributed by atoms with Crippen LogP contribution in [-0.4, -0.2) is 24.7 Å². The van der Waals surface area contributed by atoms with Crippen molar-refractivity contribution >= 4 is 39.0 Å². The zero-order valence-electron chi connectivity index (χ0n) is 11.1. The number of hydrogen-bond acceptors (Lipinski definition) is 6. The van der Waals surface area contributed by atoms with Crippen LogP contribution in [0.5, 0.6) is 0 Å². The molecule has 0 fully saturated rings. The summed E-state index contributed by atoms with van der Waals surface area (Å²) in [4.78, 5) is 14.9. The number of hydrogen-bond donors (Lipinski definition) is 1. The van der Waals surface area contributed by atoms with E-state index in [0.29, 0.717) is 12.4 Å². The van der Waals surface area contributed by atoms with Crippen LogP contribution in [0.15, 0.2) is 12.4 Å². The number of rotatable bonds is 4. The summed E-state index contributed by atoms with van der Waals surface area (Å²) < 4.78 is 1.67. The first-order chi connectivity index (χ1) is 9.65.